The second-order valence-corrected chi connectivity index (χ2v) is 7.97. The molecule has 2 aliphatic rings. The number of carbonyl (C=O) groups excluding carboxylic acids is 3. The van der Waals surface area contributed by atoms with Crippen molar-refractivity contribution in [3.8, 4) is 0 Å². The maximum absolute atomic E-state index is 14.4. The first kappa shape index (κ1) is 21.2. The first-order valence-electron chi connectivity index (χ1n) is 10.1. The summed E-state index contributed by atoms with van der Waals surface area (Å²) in [4.78, 5) is 38.3. The summed E-state index contributed by atoms with van der Waals surface area (Å²) in [6.45, 7) is 3.25. The van der Waals surface area contributed by atoms with E-state index >= 15 is 0 Å². The van der Waals surface area contributed by atoms with Gasteiger partial charge < -0.3 is 10.6 Å². The Hall–Kier alpha value is -2.51. The third-order valence-corrected chi connectivity index (χ3v) is 6.43. The number of halogens is 2. The number of imide groups is 1. The van der Waals surface area contributed by atoms with E-state index in [1.165, 1.54) is 18.2 Å². The number of nitrogens with zero attached hydrogens (tertiary/aromatic N) is 1. The first-order chi connectivity index (χ1) is 13.8. The van der Waals surface area contributed by atoms with Crippen LogP contribution in [0.2, 0.25) is 0 Å². The lowest BCUT2D eigenvalue weighted by molar-refractivity contribution is -0.135. The Morgan fingerprint density at radius 3 is 2.24 bits per heavy atom. The molecule has 0 aromatic heterocycles. The fourth-order valence-corrected chi connectivity index (χ4v) is 4.59. The van der Waals surface area contributed by atoms with E-state index in [0.717, 1.165) is 17.7 Å². The van der Waals surface area contributed by atoms with Crippen LogP contribution in [0.15, 0.2) is 18.2 Å². The number of rotatable bonds is 7. The van der Waals surface area contributed by atoms with Crippen LogP contribution in [0.1, 0.15) is 57.9 Å². The molecule has 8 heteroatoms. The number of benzene rings is 1. The van der Waals surface area contributed by atoms with Crippen molar-refractivity contribution < 1.29 is 23.2 Å². The van der Waals surface area contributed by atoms with E-state index in [9.17, 15) is 23.2 Å². The van der Waals surface area contributed by atoms with Gasteiger partial charge in [0.05, 0.1) is 0 Å². The highest BCUT2D eigenvalue weighted by atomic mass is 19.1. The molecule has 0 radical (unpaired) electrons. The minimum atomic E-state index is -0.972. The molecule has 29 heavy (non-hydrogen) atoms. The van der Waals surface area contributed by atoms with E-state index in [1.807, 2.05) is 0 Å². The smallest absolute Gasteiger partial charge is 0.325 e. The second kappa shape index (κ2) is 8.08. The van der Waals surface area contributed by atoms with Crippen molar-refractivity contribution in [3.63, 3.8) is 0 Å². The summed E-state index contributed by atoms with van der Waals surface area (Å²) in [6, 6.07) is 3.18. The van der Waals surface area contributed by atoms with Crippen LogP contribution in [0.3, 0.4) is 0 Å². The number of hydrogen-bond donors (Lipinski definition) is 2. The topological polar surface area (TPSA) is 78.5 Å². The molecule has 0 unspecified atom stereocenters. The molecule has 1 heterocycles. The maximum Gasteiger partial charge on any atom is 0.325 e. The number of amides is 4. The normalized spacial score (nSPS) is 20.1. The summed E-state index contributed by atoms with van der Waals surface area (Å²) >= 11 is 0. The SMILES string of the molecule is CCC1(CC)NC(=O)N(CC(=O)NCC2(c3c(F)cccc3F)CCCC2)C1=O. The Morgan fingerprint density at radius 2 is 1.72 bits per heavy atom. The minimum absolute atomic E-state index is 0.00350. The quantitative estimate of drug-likeness (QED) is 0.682. The molecule has 1 aliphatic carbocycles. The predicted molar refractivity (Wildman–Crippen MR) is 103 cm³/mol. The number of carbonyl (C=O) groups is 3. The minimum Gasteiger partial charge on any atom is -0.354 e. The van der Waals surface area contributed by atoms with E-state index in [0.29, 0.717) is 25.7 Å². The predicted octanol–water partition coefficient (Wildman–Crippen LogP) is 3.00. The van der Waals surface area contributed by atoms with Gasteiger partial charge in [0.2, 0.25) is 5.91 Å². The van der Waals surface area contributed by atoms with Crippen molar-refractivity contribution in [1.29, 1.82) is 0 Å². The third kappa shape index (κ3) is 3.72. The Balaban J connectivity index is 1.71. The molecule has 0 atom stereocenters. The van der Waals surface area contributed by atoms with Crippen molar-refractivity contribution in [3.05, 3.63) is 35.4 Å². The van der Waals surface area contributed by atoms with E-state index in [4.69, 9.17) is 0 Å². The Bertz CT molecular complexity index is 797. The average molecular weight is 407 g/mol. The fourth-order valence-electron chi connectivity index (χ4n) is 4.59. The standard InChI is InChI=1S/C21H27F2N3O3/c1-3-21(4-2)18(28)26(19(29)25-21)12-16(27)24-13-20(10-5-6-11-20)17-14(22)8-7-9-15(17)23/h7-9H,3-6,10-13H2,1-2H3,(H,24,27)(H,25,29). The summed E-state index contributed by atoms with van der Waals surface area (Å²) in [5.41, 5.74) is -1.79. The largest absolute Gasteiger partial charge is 0.354 e. The molecule has 6 nitrogen and oxygen atoms in total. The number of nitrogens with one attached hydrogen (secondary N) is 2. The zero-order valence-electron chi connectivity index (χ0n) is 16.8. The second-order valence-electron chi connectivity index (χ2n) is 7.97. The van der Waals surface area contributed by atoms with Gasteiger partial charge in [0.15, 0.2) is 0 Å². The van der Waals surface area contributed by atoms with Crippen LogP contribution in [-0.4, -0.2) is 41.4 Å². The number of urea groups is 1. The van der Waals surface area contributed by atoms with Crippen molar-refractivity contribution in [2.24, 2.45) is 0 Å². The summed E-state index contributed by atoms with van der Waals surface area (Å²) in [7, 11) is 0. The van der Waals surface area contributed by atoms with Crippen LogP contribution in [0.5, 0.6) is 0 Å². The third-order valence-electron chi connectivity index (χ3n) is 6.43. The van der Waals surface area contributed by atoms with Gasteiger partial charge in [0, 0.05) is 17.5 Å². The van der Waals surface area contributed by atoms with Gasteiger partial charge in [0.1, 0.15) is 23.7 Å². The highest BCUT2D eigenvalue weighted by Crippen LogP contribution is 2.42. The molecular weight excluding hydrogens is 380 g/mol. The Labute approximate surface area is 169 Å². The average Bonchev–Trinajstić information content (AvgIpc) is 3.26. The lowest BCUT2D eigenvalue weighted by Crippen LogP contribution is -2.47. The highest BCUT2D eigenvalue weighted by molar-refractivity contribution is 6.08. The van der Waals surface area contributed by atoms with Gasteiger partial charge in [0.25, 0.3) is 5.91 Å². The van der Waals surface area contributed by atoms with Crippen LogP contribution in [0.25, 0.3) is 0 Å². The summed E-state index contributed by atoms with van der Waals surface area (Å²) in [5, 5.41) is 5.38. The molecule has 1 aromatic rings. The molecule has 3 rings (SSSR count). The van der Waals surface area contributed by atoms with Crippen LogP contribution < -0.4 is 10.6 Å². The lowest BCUT2D eigenvalue weighted by Gasteiger charge is -2.31. The van der Waals surface area contributed by atoms with Gasteiger partial charge in [-0.1, -0.05) is 32.8 Å². The molecule has 0 bridgehead atoms. The molecule has 0 spiro atoms. The Kier molecular flexibility index (Phi) is 5.91. The van der Waals surface area contributed by atoms with Crippen LogP contribution in [-0.2, 0) is 15.0 Å². The highest BCUT2D eigenvalue weighted by Gasteiger charge is 2.49. The van der Waals surface area contributed by atoms with Crippen molar-refractivity contribution in [2.75, 3.05) is 13.1 Å². The number of hydrogen-bond acceptors (Lipinski definition) is 3. The van der Waals surface area contributed by atoms with Gasteiger partial charge in [-0.05, 0) is 37.8 Å². The Morgan fingerprint density at radius 1 is 1.14 bits per heavy atom. The molecule has 1 aromatic carbocycles. The molecule has 1 saturated carbocycles. The van der Waals surface area contributed by atoms with Gasteiger partial charge in [-0.3, -0.25) is 14.5 Å². The van der Waals surface area contributed by atoms with Gasteiger partial charge in [-0.2, -0.15) is 0 Å². The molecule has 2 N–H and O–H groups in total. The molecular formula is C21H27F2N3O3. The van der Waals surface area contributed by atoms with Gasteiger partial charge >= 0.3 is 6.03 Å². The molecule has 4 amide bonds. The summed E-state index contributed by atoms with van der Waals surface area (Å²) in [5.74, 6) is -2.19. The molecule has 1 saturated heterocycles. The van der Waals surface area contributed by atoms with E-state index < -0.39 is 47.0 Å². The van der Waals surface area contributed by atoms with E-state index in [1.54, 1.807) is 13.8 Å². The van der Waals surface area contributed by atoms with Crippen molar-refractivity contribution in [1.82, 2.24) is 15.5 Å². The fraction of sp³-hybridized carbons (Fsp3) is 0.571. The van der Waals surface area contributed by atoms with Crippen LogP contribution in [0, 0.1) is 11.6 Å². The summed E-state index contributed by atoms with van der Waals surface area (Å²) in [6.07, 6.45) is 3.61. The van der Waals surface area contributed by atoms with Crippen molar-refractivity contribution in [2.45, 2.75) is 63.3 Å². The van der Waals surface area contributed by atoms with Gasteiger partial charge in [-0.15, -0.1) is 0 Å². The molecule has 158 valence electrons. The zero-order valence-corrected chi connectivity index (χ0v) is 16.8. The van der Waals surface area contributed by atoms with Crippen LogP contribution >= 0.6 is 0 Å². The molecule has 2 fully saturated rings. The maximum atomic E-state index is 14.4. The zero-order chi connectivity index (χ0) is 21.2. The molecule has 1 aliphatic heterocycles. The van der Waals surface area contributed by atoms with Gasteiger partial charge in [-0.25, -0.2) is 13.6 Å². The van der Waals surface area contributed by atoms with Crippen LogP contribution in [0.4, 0.5) is 13.6 Å². The van der Waals surface area contributed by atoms with E-state index in [2.05, 4.69) is 10.6 Å². The van der Waals surface area contributed by atoms with E-state index in [-0.39, 0.29) is 12.1 Å². The monoisotopic (exact) mass is 407 g/mol. The first-order valence-corrected chi connectivity index (χ1v) is 10.1. The lowest BCUT2D eigenvalue weighted by atomic mass is 9.78. The van der Waals surface area contributed by atoms with Crippen molar-refractivity contribution >= 4 is 17.8 Å². The summed E-state index contributed by atoms with van der Waals surface area (Å²) < 4.78 is 28.8.